The zero-order valence-electron chi connectivity index (χ0n) is 8.36. The van der Waals surface area contributed by atoms with E-state index < -0.39 is 0 Å². The van der Waals surface area contributed by atoms with Gasteiger partial charge in [0.1, 0.15) is 0 Å². The monoisotopic (exact) mass is 196 g/mol. The molecule has 78 valence electrons. The molecule has 0 saturated carbocycles. The van der Waals surface area contributed by atoms with Gasteiger partial charge in [0.15, 0.2) is 0 Å². The Hall–Kier alpha value is -1.13. The highest BCUT2D eigenvalue weighted by molar-refractivity contribution is 5.27. The van der Waals surface area contributed by atoms with Crippen molar-refractivity contribution in [3.8, 4) is 5.88 Å². The lowest BCUT2D eigenvalue weighted by Gasteiger charge is -2.08. The van der Waals surface area contributed by atoms with E-state index in [-0.39, 0.29) is 6.61 Å². The summed E-state index contributed by atoms with van der Waals surface area (Å²) in [6.07, 6.45) is 0.611. The molecule has 0 spiro atoms. The van der Waals surface area contributed by atoms with Gasteiger partial charge in [0.25, 0.3) is 0 Å². The summed E-state index contributed by atoms with van der Waals surface area (Å²) in [4.78, 5) is 4.23. The minimum Gasteiger partial charge on any atom is -0.477 e. The molecule has 3 N–H and O–H groups in total. The number of nitrogens with zero attached hydrogens (tertiary/aromatic N) is 1. The van der Waals surface area contributed by atoms with Gasteiger partial charge in [0, 0.05) is 30.8 Å². The number of pyridine rings is 1. The van der Waals surface area contributed by atoms with Crippen LogP contribution in [0, 0.1) is 6.92 Å². The summed E-state index contributed by atoms with van der Waals surface area (Å²) < 4.78 is 5.40. The summed E-state index contributed by atoms with van der Waals surface area (Å²) in [5, 5.41) is 8.60. The molecule has 0 unspecified atom stereocenters. The first-order valence-electron chi connectivity index (χ1n) is 4.68. The van der Waals surface area contributed by atoms with Gasteiger partial charge in [0.2, 0.25) is 5.88 Å². The molecule has 1 rings (SSSR count). The molecule has 0 aliphatic heterocycles. The number of aromatic nitrogens is 1. The summed E-state index contributed by atoms with van der Waals surface area (Å²) in [6, 6.07) is 3.82. The average molecular weight is 196 g/mol. The number of nitrogens with two attached hydrogens (primary N) is 1. The van der Waals surface area contributed by atoms with Crippen molar-refractivity contribution >= 4 is 0 Å². The van der Waals surface area contributed by atoms with E-state index in [2.05, 4.69) is 4.98 Å². The topological polar surface area (TPSA) is 68.4 Å². The second-order valence-corrected chi connectivity index (χ2v) is 3.05. The predicted octanol–water partition coefficient (Wildman–Crippen LogP) is 0.610. The van der Waals surface area contributed by atoms with Crippen molar-refractivity contribution in [3.63, 3.8) is 0 Å². The first-order valence-corrected chi connectivity index (χ1v) is 4.68. The van der Waals surface area contributed by atoms with Gasteiger partial charge in [-0.3, -0.25) is 0 Å². The highest BCUT2D eigenvalue weighted by atomic mass is 16.5. The van der Waals surface area contributed by atoms with Crippen LogP contribution in [0.2, 0.25) is 0 Å². The number of hydrogen-bond donors (Lipinski definition) is 2. The lowest BCUT2D eigenvalue weighted by Crippen LogP contribution is -2.07. The van der Waals surface area contributed by atoms with E-state index in [9.17, 15) is 0 Å². The molecule has 0 radical (unpaired) electrons. The van der Waals surface area contributed by atoms with Crippen LogP contribution in [-0.2, 0) is 6.54 Å². The summed E-state index contributed by atoms with van der Waals surface area (Å²) in [7, 11) is 0. The normalized spacial score (nSPS) is 10.2. The molecule has 1 heterocycles. The van der Waals surface area contributed by atoms with Gasteiger partial charge in [-0.05, 0) is 13.0 Å². The molecule has 0 bridgehead atoms. The molecule has 0 aliphatic rings. The molecular weight excluding hydrogens is 180 g/mol. The highest BCUT2D eigenvalue weighted by Crippen LogP contribution is 2.15. The van der Waals surface area contributed by atoms with Crippen molar-refractivity contribution in [3.05, 3.63) is 23.4 Å². The van der Waals surface area contributed by atoms with Crippen LogP contribution in [-0.4, -0.2) is 23.3 Å². The first kappa shape index (κ1) is 10.9. The smallest absolute Gasteiger partial charge is 0.218 e. The fourth-order valence-corrected chi connectivity index (χ4v) is 1.08. The molecule has 0 fully saturated rings. The van der Waals surface area contributed by atoms with Gasteiger partial charge in [-0.2, -0.15) is 0 Å². The average Bonchev–Trinajstić information content (AvgIpc) is 2.19. The Morgan fingerprint density at radius 2 is 2.29 bits per heavy atom. The van der Waals surface area contributed by atoms with E-state index in [0.29, 0.717) is 25.5 Å². The summed E-state index contributed by atoms with van der Waals surface area (Å²) in [5.74, 6) is 0.584. The summed E-state index contributed by atoms with van der Waals surface area (Å²) in [6.45, 7) is 2.92. The van der Waals surface area contributed by atoms with E-state index in [4.69, 9.17) is 15.6 Å². The van der Waals surface area contributed by atoms with E-state index in [1.54, 1.807) is 0 Å². The lowest BCUT2D eigenvalue weighted by atomic mass is 10.2. The van der Waals surface area contributed by atoms with Crippen molar-refractivity contribution in [2.45, 2.75) is 19.9 Å². The zero-order chi connectivity index (χ0) is 10.4. The Labute approximate surface area is 83.7 Å². The summed E-state index contributed by atoms with van der Waals surface area (Å²) in [5.41, 5.74) is 7.34. The van der Waals surface area contributed by atoms with Crippen molar-refractivity contribution in [1.82, 2.24) is 4.98 Å². The van der Waals surface area contributed by atoms with Crippen molar-refractivity contribution in [2.75, 3.05) is 13.2 Å². The number of ether oxygens (including phenoxy) is 1. The van der Waals surface area contributed by atoms with Crippen LogP contribution in [0.4, 0.5) is 0 Å². The largest absolute Gasteiger partial charge is 0.477 e. The Morgan fingerprint density at radius 1 is 1.50 bits per heavy atom. The number of hydrogen-bond acceptors (Lipinski definition) is 4. The SMILES string of the molecule is Cc1ccc(CN)c(OCCCO)n1. The number of rotatable bonds is 5. The number of aliphatic hydroxyl groups is 1. The second kappa shape index (κ2) is 5.57. The van der Waals surface area contributed by atoms with Gasteiger partial charge in [0.05, 0.1) is 6.61 Å². The van der Waals surface area contributed by atoms with Gasteiger partial charge in [-0.25, -0.2) is 4.98 Å². The highest BCUT2D eigenvalue weighted by Gasteiger charge is 2.03. The van der Waals surface area contributed by atoms with Crippen LogP contribution in [0.1, 0.15) is 17.7 Å². The molecule has 0 amide bonds. The maximum atomic E-state index is 8.60. The van der Waals surface area contributed by atoms with Crippen LogP contribution < -0.4 is 10.5 Å². The van der Waals surface area contributed by atoms with Crippen LogP contribution in [0.5, 0.6) is 5.88 Å². The molecule has 1 aromatic heterocycles. The second-order valence-electron chi connectivity index (χ2n) is 3.05. The van der Waals surface area contributed by atoms with Crippen molar-refractivity contribution in [2.24, 2.45) is 5.73 Å². The van der Waals surface area contributed by atoms with E-state index in [0.717, 1.165) is 11.3 Å². The molecule has 0 aromatic carbocycles. The Bertz CT molecular complexity index is 289. The van der Waals surface area contributed by atoms with E-state index in [1.807, 2.05) is 19.1 Å². The third-order valence-corrected chi connectivity index (χ3v) is 1.84. The zero-order valence-corrected chi connectivity index (χ0v) is 8.36. The lowest BCUT2D eigenvalue weighted by molar-refractivity contribution is 0.228. The van der Waals surface area contributed by atoms with Crippen LogP contribution >= 0.6 is 0 Å². The van der Waals surface area contributed by atoms with Gasteiger partial charge in [-0.15, -0.1) is 0 Å². The predicted molar refractivity (Wildman–Crippen MR) is 54.1 cm³/mol. The first-order chi connectivity index (χ1) is 6.77. The van der Waals surface area contributed by atoms with Crippen LogP contribution in [0.25, 0.3) is 0 Å². The van der Waals surface area contributed by atoms with Gasteiger partial charge in [-0.1, -0.05) is 6.07 Å². The third-order valence-electron chi connectivity index (χ3n) is 1.84. The van der Waals surface area contributed by atoms with E-state index in [1.165, 1.54) is 0 Å². The Kier molecular flexibility index (Phi) is 4.35. The maximum Gasteiger partial charge on any atom is 0.218 e. The number of aliphatic hydroxyl groups excluding tert-OH is 1. The molecule has 4 nitrogen and oxygen atoms in total. The molecule has 4 heteroatoms. The number of aryl methyl sites for hydroxylation is 1. The standard InChI is InChI=1S/C10H16N2O2/c1-8-3-4-9(7-11)10(12-8)14-6-2-5-13/h3-4,13H,2,5-7,11H2,1H3. The van der Waals surface area contributed by atoms with Crippen molar-refractivity contribution < 1.29 is 9.84 Å². The molecule has 0 aliphatic carbocycles. The summed E-state index contributed by atoms with van der Waals surface area (Å²) >= 11 is 0. The minimum atomic E-state index is 0.129. The third kappa shape index (κ3) is 2.97. The van der Waals surface area contributed by atoms with E-state index >= 15 is 0 Å². The fraction of sp³-hybridized carbons (Fsp3) is 0.500. The molecule has 14 heavy (non-hydrogen) atoms. The molecule has 0 atom stereocenters. The quantitative estimate of drug-likeness (QED) is 0.677. The molecule has 0 saturated heterocycles. The molecule has 1 aromatic rings. The van der Waals surface area contributed by atoms with Crippen molar-refractivity contribution in [1.29, 1.82) is 0 Å². The van der Waals surface area contributed by atoms with Gasteiger partial charge >= 0.3 is 0 Å². The minimum absolute atomic E-state index is 0.129. The van der Waals surface area contributed by atoms with Crippen LogP contribution in [0.3, 0.4) is 0 Å². The fourth-order valence-electron chi connectivity index (χ4n) is 1.08. The Morgan fingerprint density at radius 3 is 2.93 bits per heavy atom. The van der Waals surface area contributed by atoms with Crippen LogP contribution in [0.15, 0.2) is 12.1 Å². The Balaban J connectivity index is 2.67. The molecular formula is C10H16N2O2. The maximum absolute atomic E-state index is 8.60. The van der Waals surface area contributed by atoms with Gasteiger partial charge < -0.3 is 15.6 Å².